The van der Waals surface area contributed by atoms with Gasteiger partial charge in [0.05, 0.1) is 16.9 Å². The van der Waals surface area contributed by atoms with Crippen LogP contribution in [-0.4, -0.2) is 16.5 Å². The molecule has 0 saturated carbocycles. The largest absolute Gasteiger partial charge is 0.342 e. The van der Waals surface area contributed by atoms with E-state index in [1.165, 1.54) is 12.1 Å². The topological polar surface area (TPSA) is 54.7 Å². The van der Waals surface area contributed by atoms with Crippen LogP contribution < -0.4 is 5.73 Å². The van der Waals surface area contributed by atoms with Gasteiger partial charge in [-0.2, -0.15) is 0 Å². The molecule has 0 fully saturated rings. The van der Waals surface area contributed by atoms with E-state index in [0.29, 0.717) is 17.5 Å². The van der Waals surface area contributed by atoms with Crippen molar-refractivity contribution in [1.82, 2.24) is 9.97 Å². The van der Waals surface area contributed by atoms with Gasteiger partial charge < -0.3 is 10.7 Å². The maximum absolute atomic E-state index is 13.1. The lowest BCUT2D eigenvalue weighted by Crippen LogP contribution is -2.15. The highest BCUT2D eigenvalue weighted by Crippen LogP contribution is 2.29. The van der Waals surface area contributed by atoms with Gasteiger partial charge in [-0.1, -0.05) is 25.4 Å². The number of nitrogens with zero attached hydrogens (tertiary/aromatic N) is 1. The minimum atomic E-state index is -0.349. The number of rotatable bonds is 5. The van der Waals surface area contributed by atoms with Gasteiger partial charge in [-0.15, -0.1) is 0 Å². The first-order valence-corrected chi connectivity index (χ1v) is 7.09. The molecule has 1 heterocycles. The van der Waals surface area contributed by atoms with Crippen LogP contribution in [0.3, 0.4) is 0 Å². The maximum Gasteiger partial charge on any atom is 0.124 e. The molecular weight excluding hydrogens is 277 g/mol. The minimum absolute atomic E-state index is 0.197. The van der Waals surface area contributed by atoms with Gasteiger partial charge in [-0.25, -0.2) is 9.37 Å². The molecule has 0 aliphatic rings. The Morgan fingerprint density at radius 3 is 2.75 bits per heavy atom. The fourth-order valence-corrected chi connectivity index (χ4v) is 2.55. The molecule has 20 heavy (non-hydrogen) atoms. The summed E-state index contributed by atoms with van der Waals surface area (Å²) in [6.07, 6.45) is 2.69. The first-order chi connectivity index (χ1) is 9.51. The predicted octanol–water partition coefficient (Wildman–Crippen LogP) is 3.96. The van der Waals surface area contributed by atoms with Crippen molar-refractivity contribution >= 4 is 11.6 Å². The van der Waals surface area contributed by atoms with Crippen LogP contribution in [0.2, 0.25) is 5.02 Å². The summed E-state index contributed by atoms with van der Waals surface area (Å²) in [6, 6.07) is 4.33. The van der Waals surface area contributed by atoms with Gasteiger partial charge >= 0.3 is 0 Å². The molecule has 3 nitrogen and oxygen atoms in total. The number of hydrogen-bond donors (Lipinski definition) is 2. The molecule has 0 amide bonds. The van der Waals surface area contributed by atoms with Gasteiger partial charge in [-0.3, -0.25) is 0 Å². The molecule has 0 aliphatic carbocycles. The molecule has 1 aromatic carbocycles. The average molecular weight is 296 g/mol. The number of halogens is 2. The van der Waals surface area contributed by atoms with Crippen LogP contribution in [0.25, 0.3) is 11.3 Å². The third-order valence-electron chi connectivity index (χ3n) is 3.24. The highest BCUT2D eigenvalue weighted by molar-refractivity contribution is 6.33. The highest BCUT2D eigenvalue weighted by atomic mass is 35.5. The van der Waals surface area contributed by atoms with Gasteiger partial charge in [0.15, 0.2) is 0 Å². The lowest BCUT2D eigenvalue weighted by atomic mass is 9.97. The second-order valence-corrected chi connectivity index (χ2v) is 5.78. The molecule has 0 bridgehead atoms. The Kier molecular flexibility index (Phi) is 4.78. The van der Waals surface area contributed by atoms with Crippen LogP contribution >= 0.6 is 11.6 Å². The van der Waals surface area contributed by atoms with Crippen molar-refractivity contribution in [2.24, 2.45) is 11.7 Å². The number of aromatic amines is 1. The Bertz CT molecular complexity index is 580. The van der Waals surface area contributed by atoms with Gasteiger partial charge in [0, 0.05) is 18.0 Å². The van der Waals surface area contributed by atoms with Crippen LogP contribution in [0, 0.1) is 11.7 Å². The minimum Gasteiger partial charge on any atom is -0.342 e. The van der Waals surface area contributed by atoms with E-state index in [1.54, 1.807) is 12.3 Å². The molecule has 1 atom stereocenters. The van der Waals surface area contributed by atoms with Crippen molar-refractivity contribution in [1.29, 1.82) is 0 Å². The standard InChI is InChI=1S/C15H19ClFN3/c1-9(2)5-10(7-18)15-19-8-14(20-15)12-4-3-11(17)6-13(12)16/h3-4,6,8-10H,5,7,18H2,1-2H3,(H,19,20). The van der Waals surface area contributed by atoms with Crippen LogP contribution in [0.15, 0.2) is 24.4 Å². The van der Waals surface area contributed by atoms with Crippen LogP contribution in [0.4, 0.5) is 4.39 Å². The summed E-state index contributed by atoms with van der Waals surface area (Å²) < 4.78 is 13.1. The third kappa shape index (κ3) is 3.38. The van der Waals surface area contributed by atoms with Crippen molar-refractivity contribution in [2.45, 2.75) is 26.2 Å². The van der Waals surface area contributed by atoms with Crippen molar-refractivity contribution in [3.63, 3.8) is 0 Å². The van der Waals surface area contributed by atoms with E-state index in [4.69, 9.17) is 17.3 Å². The molecule has 1 unspecified atom stereocenters. The number of hydrogen-bond acceptors (Lipinski definition) is 2. The lowest BCUT2D eigenvalue weighted by molar-refractivity contribution is 0.490. The fourth-order valence-electron chi connectivity index (χ4n) is 2.28. The summed E-state index contributed by atoms with van der Waals surface area (Å²) in [7, 11) is 0. The molecule has 5 heteroatoms. The Balaban J connectivity index is 2.27. The van der Waals surface area contributed by atoms with Gasteiger partial charge in [0.1, 0.15) is 11.6 Å². The molecule has 1 aromatic heterocycles. The molecule has 0 saturated heterocycles. The van der Waals surface area contributed by atoms with E-state index in [2.05, 4.69) is 23.8 Å². The van der Waals surface area contributed by atoms with Crippen molar-refractivity contribution in [3.05, 3.63) is 41.1 Å². The Hall–Kier alpha value is -1.39. The van der Waals surface area contributed by atoms with E-state index >= 15 is 0 Å². The number of H-pyrrole nitrogens is 1. The zero-order chi connectivity index (χ0) is 14.7. The highest BCUT2D eigenvalue weighted by Gasteiger charge is 2.16. The first-order valence-electron chi connectivity index (χ1n) is 6.71. The smallest absolute Gasteiger partial charge is 0.124 e. The van der Waals surface area contributed by atoms with Crippen LogP contribution in [0.1, 0.15) is 32.0 Å². The third-order valence-corrected chi connectivity index (χ3v) is 3.56. The van der Waals surface area contributed by atoms with Crippen LogP contribution in [0.5, 0.6) is 0 Å². The molecule has 0 spiro atoms. The van der Waals surface area contributed by atoms with E-state index in [1.807, 2.05) is 0 Å². The summed E-state index contributed by atoms with van der Waals surface area (Å²) in [5, 5.41) is 0.369. The number of aromatic nitrogens is 2. The number of imidazole rings is 1. The zero-order valence-electron chi connectivity index (χ0n) is 11.7. The molecule has 0 aliphatic heterocycles. The molecule has 2 aromatic rings. The second kappa shape index (κ2) is 6.37. The summed E-state index contributed by atoms with van der Waals surface area (Å²) in [6.45, 7) is 4.86. The maximum atomic E-state index is 13.1. The molecule has 2 rings (SSSR count). The Labute approximate surface area is 123 Å². The van der Waals surface area contributed by atoms with Crippen LogP contribution in [-0.2, 0) is 0 Å². The summed E-state index contributed by atoms with van der Waals surface area (Å²) in [5.74, 6) is 1.25. The number of nitrogens with one attached hydrogen (secondary N) is 1. The van der Waals surface area contributed by atoms with Gasteiger partial charge in [0.2, 0.25) is 0 Å². The van der Waals surface area contributed by atoms with E-state index < -0.39 is 0 Å². The second-order valence-electron chi connectivity index (χ2n) is 5.37. The SMILES string of the molecule is CC(C)CC(CN)c1ncc(-c2ccc(F)cc2Cl)[nH]1. The Morgan fingerprint density at radius 2 is 2.15 bits per heavy atom. The first kappa shape index (κ1) is 15.0. The number of nitrogens with two attached hydrogens (primary N) is 1. The predicted molar refractivity (Wildman–Crippen MR) is 80.2 cm³/mol. The summed E-state index contributed by atoms with van der Waals surface area (Å²) in [5.41, 5.74) is 7.34. The van der Waals surface area contributed by atoms with Crippen molar-refractivity contribution in [3.8, 4) is 11.3 Å². The zero-order valence-corrected chi connectivity index (χ0v) is 12.4. The Morgan fingerprint density at radius 1 is 1.40 bits per heavy atom. The quantitative estimate of drug-likeness (QED) is 0.877. The lowest BCUT2D eigenvalue weighted by Gasteiger charge is -2.14. The summed E-state index contributed by atoms with van der Waals surface area (Å²) >= 11 is 6.06. The molecule has 108 valence electrons. The monoisotopic (exact) mass is 295 g/mol. The van der Waals surface area contributed by atoms with E-state index in [9.17, 15) is 4.39 Å². The molecule has 3 N–H and O–H groups in total. The fraction of sp³-hybridized carbons (Fsp3) is 0.400. The molecular formula is C15H19ClFN3. The van der Waals surface area contributed by atoms with Gasteiger partial charge in [0.25, 0.3) is 0 Å². The van der Waals surface area contributed by atoms with E-state index in [-0.39, 0.29) is 11.7 Å². The number of benzene rings is 1. The van der Waals surface area contributed by atoms with Crippen molar-refractivity contribution in [2.75, 3.05) is 6.54 Å². The normalized spacial score (nSPS) is 12.9. The van der Waals surface area contributed by atoms with E-state index in [0.717, 1.165) is 23.5 Å². The van der Waals surface area contributed by atoms with Crippen molar-refractivity contribution < 1.29 is 4.39 Å². The van der Waals surface area contributed by atoms with Gasteiger partial charge in [-0.05, 0) is 30.5 Å². The average Bonchev–Trinajstić information content (AvgIpc) is 2.85. The molecule has 0 radical (unpaired) electrons. The summed E-state index contributed by atoms with van der Waals surface area (Å²) in [4.78, 5) is 7.64.